The molecule has 0 atom stereocenters. The Morgan fingerprint density at radius 2 is 1.75 bits per heavy atom. The van der Waals surface area contributed by atoms with E-state index in [2.05, 4.69) is 31.1 Å². The van der Waals surface area contributed by atoms with Crippen LogP contribution in [-0.2, 0) is 5.41 Å². The summed E-state index contributed by atoms with van der Waals surface area (Å²) in [6, 6.07) is 7.84. The molecule has 2 nitrogen and oxygen atoms in total. The number of thiazole rings is 1. The van der Waals surface area contributed by atoms with E-state index in [9.17, 15) is 0 Å². The third kappa shape index (κ3) is 2.25. The van der Waals surface area contributed by atoms with E-state index in [0.717, 1.165) is 16.9 Å². The monoisotopic (exact) mass is 232 g/mol. The first-order valence-corrected chi connectivity index (χ1v) is 6.17. The van der Waals surface area contributed by atoms with E-state index in [4.69, 9.17) is 5.73 Å². The van der Waals surface area contributed by atoms with E-state index in [1.165, 1.54) is 5.01 Å². The second-order valence-corrected chi connectivity index (χ2v) is 5.77. The number of aromatic nitrogens is 1. The molecule has 0 aliphatic heterocycles. The number of benzene rings is 1. The predicted molar refractivity (Wildman–Crippen MR) is 70.7 cm³/mol. The van der Waals surface area contributed by atoms with Crippen LogP contribution >= 0.6 is 11.3 Å². The quantitative estimate of drug-likeness (QED) is 0.762. The zero-order valence-electron chi connectivity index (χ0n) is 9.82. The topological polar surface area (TPSA) is 38.9 Å². The highest BCUT2D eigenvalue weighted by molar-refractivity contribution is 7.10. The molecule has 2 rings (SSSR count). The number of rotatable bonds is 1. The minimum absolute atomic E-state index is 0.122. The van der Waals surface area contributed by atoms with E-state index < -0.39 is 0 Å². The number of nitrogens with two attached hydrogens (primary N) is 1. The molecule has 3 heteroatoms. The molecule has 2 N–H and O–H groups in total. The van der Waals surface area contributed by atoms with E-state index >= 15 is 0 Å². The van der Waals surface area contributed by atoms with Crippen molar-refractivity contribution in [3.63, 3.8) is 0 Å². The van der Waals surface area contributed by atoms with E-state index in [1.807, 2.05) is 24.3 Å². The number of hydrogen-bond donors (Lipinski definition) is 1. The average Bonchev–Trinajstić information content (AvgIpc) is 2.67. The Labute approximate surface area is 100 Å². The van der Waals surface area contributed by atoms with Crippen molar-refractivity contribution in [3.8, 4) is 11.3 Å². The Balaban J connectivity index is 2.35. The fraction of sp³-hybridized carbons (Fsp3) is 0.308. The average molecular weight is 232 g/mol. The largest absolute Gasteiger partial charge is 0.399 e. The zero-order chi connectivity index (χ0) is 11.8. The van der Waals surface area contributed by atoms with Crippen LogP contribution in [0.25, 0.3) is 11.3 Å². The minimum atomic E-state index is 0.122. The fourth-order valence-electron chi connectivity index (χ4n) is 1.40. The summed E-state index contributed by atoms with van der Waals surface area (Å²) in [5.74, 6) is 0. The van der Waals surface area contributed by atoms with Gasteiger partial charge in [0.05, 0.1) is 10.7 Å². The SMILES string of the molecule is CC(C)(C)c1nc(-c2ccc(N)cc2)cs1. The van der Waals surface area contributed by atoms with Crippen molar-refractivity contribution in [2.45, 2.75) is 26.2 Å². The summed E-state index contributed by atoms with van der Waals surface area (Å²) >= 11 is 1.71. The fourth-order valence-corrected chi connectivity index (χ4v) is 2.32. The maximum atomic E-state index is 5.66. The normalized spacial score (nSPS) is 11.7. The lowest BCUT2D eigenvalue weighted by Crippen LogP contribution is -2.10. The van der Waals surface area contributed by atoms with Crippen molar-refractivity contribution >= 4 is 17.0 Å². The highest BCUT2D eigenvalue weighted by atomic mass is 32.1. The summed E-state index contributed by atoms with van der Waals surface area (Å²) in [6.45, 7) is 6.54. The van der Waals surface area contributed by atoms with Crippen LogP contribution in [0.4, 0.5) is 5.69 Å². The van der Waals surface area contributed by atoms with Gasteiger partial charge in [-0.05, 0) is 12.1 Å². The van der Waals surface area contributed by atoms with Crippen molar-refractivity contribution in [2.24, 2.45) is 0 Å². The van der Waals surface area contributed by atoms with Crippen molar-refractivity contribution < 1.29 is 0 Å². The van der Waals surface area contributed by atoms with Crippen LogP contribution in [0, 0.1) is 0 Å². The van der Waals surface area contributed by atoms with E-state index in [-0.39, 0.29) is 5.41 Å². The molecule has 0 unspecified atom stereocenters. The lowest BCUT2D eigenvalue weighted by Gasteiger charge is -2.13. The Hall–Kier alpha value is -1.35. The maximum Gasteiger partial charge on any atom is 0.0986 e. The molecule has 1 aromatic heterocycles. The summed E-state index contributed by atoms with van der Waals surface area (Å²) in [5, 5.41) is 3.27. The molecule has 0 radical (unpaired) electrons. The van der Waals surface area contributed by atoms with Gasteiger partial charge in [-0.3, -0.25) is 0 Å². The van der Waals surface area contributed by atoms with Gasteiger partial charge in [0.2, 0.25) is 0 Å². The molecule has 1 heterocycles. The highest BCUT2D eigenvalue weighted by Crippen LogP contribution is 2.29. The van der Waals surface area contributed by atoms with Gasteiger partial charge in [0.1, 0.15) is 0 Å². The van der Waals surface area contributed by atoms with Gasteiger partial charge in [-0.1, -0.05) is 32.9 Å². The summed E-state index contributed by atoms with van der Waals surface area (Å²) in [4.78, 5) is 4.66. The van der Waals surface area contributed by atoms with Crippen molar-refractivity contribution in [3.05, 3.63) is 34.7 Å². The lowest BCUT2D eigenvalue weighted by molar-refractivity contribution is 0.586. The molecule has 84 valence electrons. The van der Waals surface area contributed by atoms with Crippen LogP contribution in [0.15, 0.2) is 29.6 Å². The van der Waals surface area contributed by atoms with Gasteiger partial charge in [0.15, 0.2) is 0 Å². The molecule has 0 amide bonds. The Morgan fingerprint density at radius 3 is 2.25 bits per heavy atom. The number of hydrogen-bond acceptors (Lipinski definition) is 3. The molecule has 16 heavy (non-hydrogen) atoms. The van der Waals surface area contributed by atoms with Crippen LogP contribution in [0.3, 0.4) is 0 Å². The van der Waals surface area contributed by atoms with Crippen LogP contribution < -0.4 is 5.73 Å². The molecule has 0 saturated carbocycles. The van der Waals surface area contributed by atoms with Gasteiger partial charge in [-0.25, -0.2) is 4.98 Å². The molecular weight excluding hydrogens is 216 g/mol. The Kier molecular flexibility index (Phi) is 2.72. The Morgan fingerprint density at radius 1 is 1.12 bits per heavy atom. The van der Waals surface area contributed by atoms with Gasteiger partial charge >= 0.3 is 0 Å². The van der Waals surface area contributed by atoms with Gasteiger partial charge in [-0.15, -0.1) is 11.3 Å². The summed E-state index contributed by atoms with van der Waals surface area (Å²) in [7, 11) is 0. The van der Waals surface area contributed by atoms with Gasteiger partial charge in [0.25, 0.3) is 0 Å². The number of nitrogen functional groups attached to an aromatic ring is 1. The molecule has 1 aromatic carbocycles. The third-order valence-electron chi connectivity index (χ3n) is 2.35. The van der Waals surface area contributed by atoms with E-state index in [1.54, 1.807) is 11.3 Å². The smallest absolute Gasteiger partial charge is 0.0986 e. The molecule has 0 aliphatic carbocycles. The van der Waals surface area contributed by atoms with Crippen molar-refractivity contribution in [2.75, 3.05) is 5.73 Å². The van der Waals surface area contributed by atoms with Crippen LogP contribution in [0.1, 0.15) is 25.8 Å². The molecule has 0 fully saturated rings. The minimum Gasteiger partial charge on any atom is -0.399 e. The molecular formula is C13H16N2S. The highest BCUT2D eigenvalue weighted by Gasteiger charge is 2.18. The second-order valence-electron chi connectivity index (χ2n) is 4.91. The maximum absolute atomic E-state index is 5.66. The molecule has 0 bridgehead atoms. The number of anilines is 1. The number of nitrogens with zero attached hydrogens (tertiary/aromatic N) is 1. The second kappa shape index (κ2) is 3.91. The van der Waals surface area contributed by atoms with Crippen molar-refractivity contribution in [1.82, 2.24) is 4.98 Å². The first-order valence-electron chi connectivity index (χ1n) is 5.29. The van der Waals surface area contributed by atoms with Gasteiger partial charge in [0, 0.05) is 22.0 Å². The Bertz CT molecular complexity index is 477. The van der Waals surface area contributed by atoms with Crippen LogP contribution in [0.2, 0.25) is 0 Å². The predicted octanol–water partition coefficient (Wildman–Crippen LogP) is 3.69. The molecule has 0 spiro atoms. The first kappa shape index (κ1) is 11.1. The summed E-state index contributed by atoms with van der Waals surface area (Å²) in [6.07, 6.45) is 0. The lowest BCUT2D eigenvalue weighted by atomic mass is 9.98. The summed E-state index contributed by atoms with van der Waals surface area (Å²) in [5.41, 5.74) is 8.73. The summed E-state index contributed by atoms with van der Waals surface area (Å²) < 4.78 is 0. The molecule has 0 aliphatic rings. The standard InChI is InChI=1S/C13H16N2S/c1-13(2,3)12-15-11(8-16-12)9-4-6-10(14)7-5-9/h4-8H,14H2,1-3H3. The van der Waals surface area contributed by atoms with Gasteiger partial charge < -0.3 is 5.73 Å². The van der Waals surface area contributed by atoms with Crippen molar-refractivity contribution in [1.29, 1.82) is 0 Å². The zero-order valence-corrected chi connectivity index (χ0v) is 10.6. The third-order valence-corrected chi connectivity index (χ3v) is 3.62. The molecule has 2 aromatic rings. The molecule has 0 saturated heterocycles. The van der Waals surface area contributed by atoms with Gasteiger partial charge in [-0.2, -0.15) is 0 Å². The van der Waals surface area contributed by atoms with Crippen LogP contribution in [0.5, 0.6) is 0 Å². The van der Waals surface area contributed by atoms with Crippen LogP contribution in [-0.4, -0.2) is 4.98 Å². The van der Waals surface area contributed by atoms with E-state index in [0.29, 0.717) is 0 Å². The first-order chi connectivity index (χ1) is 7.47.